The van der Waals surface area contributed by atoms with Gasteiger partial charge in [0.15, 0.2) is 5.82 Å². The van der Waals surface area contributed by atoms with E-state index in [2.05, 4.69) is 25.7 Å². The van der Waals surface area contributed by atoms with Crippen LogP contribution in [-0.4, -0.2) is 29.2 Å². The summed E-state index contributed by atoms with van der Waals surface area (Å²) in [6.45, 7) is 2.10. The molecule has 4 rings (SSSR count). The molecule has 6 nitrogen and oxygen atoms in total. The van der Waals surface area contributed by atoms with Gasteiger partial charge in [-0.2, -0.15) is 5.10 Å². The van der Waals surface area contributed by atoms with Gasteiger partial charge in [0.2, 0.25) is 0 Å². The van der Waals surface area contributed by atoms with Gasteiger partial charge in [-0.3, -0.25) is 4.79 Å². The maximum Gasteiger partial charge on any atom is 0.255 e. The number of rotatable bonds is 5. The summed E-state index contributed by atoms with van der Waals surface area (Å²) < 4.78 is 13.0. The summed E-state index contributed by atoms with van der Waals surface area (Å²) in [6, 6.07) is 14.7. The lowest BCUT2D eigenvalue weighted by Gasteiger charge is -2.17. The highest BCUT2D eigenvalue weighted by atomic mass is 19.1. The minimum Gasteiger partial charge on any atom is -0.370 e. The number of aromatic nitrogens is 2. The topological polar surface area (TPSA) is 70.2 Å². The molecule has 3 aromatic rings. The largest absolute Gasteiger partial charge is 0.370 e. The van der Waals surface area contributed by atoms with Gasteiger partial charge < -0.3 is 15.5 Å². The summed E-state index contributed by atoms with van der Waals surface area (Å²) in [5, 5.41) is 14.2. The summed E-state index contributed by atoms with van der Waals surface area (Å²) in [5.41, 5.74) is 2.96. The lowest BCUT2D eigenvalue weighted by atomic mass is 10.2. The maximum atomic E-state index is 13.0. The van der Waals surface area contributed by atoms with E-state index in [0.29, 0.717) is 17.1 Å². The minimum atomic E-state index is -0.371. The summed E-state index contributed by atoms with van der Waals surface area (Å²) in [4.78, 5) is 14.5. The Bertz CT molecular complexity index is 953. The van der Waals surface area contributed by atoms with E-state index in [1.165, 1.54) is 37.1 Å². The molecule has 1 aliphatic rings. The Morgan fingerprint density at radius 3 is 2.36 bits per heavy atom. The molecule has 0 saturated carbocycles. The van der Waals surface area contributed by atoms with Crippen molar-refractivity contribution in [3.63, 3.8) is 0 Å². The fraction of sp³-hybridized carbons (Fsp3) is 0.190. The van der Waals surface area contributed by atoms with Crippen molar-refractivity contribution in [1.29, 1.82) is 0 Å². The maximum absolute atomic E-state index is 13.0. The third-order valence-corrected chi connectivity index (χ3v) is 4.63. The van der Waals surface area contributed by atoms with Gasteiger partial charge in [-0.25, -0.2) is 4.39 Å². The van der Waals surface area contributed by atoms with Crippen LogP contribution >= 0.6 is 0 Å². The minimum absolute atomic E-state index is 0.287. The normalized spacial score (nSPS) is 13.4. The molecule has 1 aromatic heterocycles. The lowest BCUT2D eigenvalue weighted by Crippen LogP contribution is -2.18. The molecule has 2 heterocycles. The Hall–Kier alpha value is -3.48. The highest BCUT2D eigenvalue weighted by Crippen LogP contribution is 2.23. The molecule has 1 aliphatic heterocycles. The number of carbonyl (C=O) groups excluding carboxylic acids is 1. The molecular formula is C21H20FN5O. The SMILES string of the molecule is O=C(Nc1ccc(Nc2cc(N3CCCC3)cnn2)cc1)c1ccc(F)cc1. The molecule has 0 bridgehead atoms. The number of nitrogens with one attached hydrogen (secondary N) is 2. The first-order valence-electron chi connectivity index (χ1n) is 9.19. The number of nitrogens with zero attached hydrogens (tertiary/aromatic N) is 3. The Morgan fingerprint density at radius 1 is 0.964 bits per heavy atom. The molecule has 0 spiro atoms. The van der Waals surface area contributed by atoms with E-state index in [1.807, 2.05) is 18.2 Å². The second-order valence-corrected chi connectivity index (χ2v) is 6.66. The van der Waals surface area contributed by atoms with Crippen molar-refractivity contribution in [1.82, 2.24) is 10.2 Å². The van der Waals surface area contributed by atoms with Gasteiger partial charge in [0.05, 0.1) is 11.9 Å². The Balaban J connectivity index is 1.40. The molecule has 142 valence electrons. The van der Waals surface area contributed by atoms with Crippen LogP contribution in [0.4, 0.5) is 27.3 Å². The first-order chi connectivity index (χ1) is 13.7. The molecular weight excluding hydrogens is 357 g/mol. The van der Waals surface area contributed by atoms with E-state index < -0.39 is 0 Å². The van der Waals surface area contributed by atoms with Crippen LogP contribution in [-0.2, 0) is 0 Å². The Labute approximate surface area is 162 Å². The van der Waals surface area contributed by atoms with Gasteiger partial charge in [-0.05, 0) is 61.4 Å². The van der Waals surface area contributed by atoms with Crippen LogP contribution in [0.5, 0.6) is 0 Å². The molecule has 0 radical (unpaired) electrons. The Kier molecular flexibility index (Phi) is 5.14. The molecule has 0 aliphatic carbocycles. The average Bonchev–Trinajstić information content (AvgIpc) is 3.25. The average molecular weight is 377 g/mol. The number of halogens is 1. The fourth-order valence-corrected chi connectivity index (χ4v) is 3.16. The van der Waals surface area contributed by atoms with Crippen molar-refractivity contribution >= 4 is 28.8 Å². The van der Waals surface area contributed by atoms with Crippen LogP contribution in [0.25, 0.3) is 0 Å². The molecule has 2 N–H and O–H groups in total. The van der Waals surface area contributed by atoms with E-state index >= 15 is 0 Å². The first-order valence-corrected chi connectivity index (χ1v) is 9.19. The molecule has 28 heavy (non-hydrogen) atoms. The van der Waals surface area contributed by atoms with Crippen LogP contribution < -0.4 is 15.5 Å². The number of anilines is 4. The zero-order valence-corrected chi connectivity index (χ0v) is 15.2. The second-order valence-electron chi connectivity index (χ2n) is 6.66. The number of amides is 1. The van der Waals surface area contributed by atoms with E-state index in [4.69, 9.17) is 0 Å². The smallest absolute Gasteiger partial charge is 0.255 e. The van der Waals surface area contributed by atoms with E-state index in [9.17, 15) is 9.18 Å². The second kappa shape index (κ2) is 8.04. The summed E-state index contributed by atoms with van der Waals surface area (Å²) >= 11 is 0. The highest BCUT2D eigenvalue weighted by molar-refractivity contribution is 6.04. The molecule has 1 fully saturated rings. The molecule has 7 heteroatoms. The molecule has 0 atom stereocenters. The van der Waals surface area contributed by atoms with E-state index in [1.54, 1.807) is 18.3 Å². The fourth-order valence-electron chi connectivity index (χ4n) is 3.16. The number of benzene rings is 2. The molecule has 2 aromatic carbocycles. The van der Waals surface area contributed by atoms with Crippen molar-refractivity contribution < 1.29 is 9.18 Å². The van der Waals surface area contributed by atoms with Crippen LogP contribution in [0.2, 0.25) is 0 Å². The van der Waals surface area contributed by atoms with Crippen molar-refractivity contribution in [3.8, 4) is 0 Å². The summed E-state index contributed by atoms with van der Waals surface area (Å²) in [7, 11) is 0. The molecule has 0 unspecified atom stereocenters. The zero-order valence-electron chi connectivity index (χ0n) is 15.2. The third-order valence-electron chi connectivity index (χ3n) is 4.63. The first kappa shape index (κ1) is 17.9. The highest BCUT2D eigenvalue weighted by Gasteiger charge is 2.13. The Morgan fingerprint density at radius 2 is 1.64 bits per heavy atom. The monoisotopic (exact) mass is 377 g/mol. The standard InChI is InChI=1S/C21H20FN5O/c22-16-5-3-15(4-6-16)21(28)25-18-9-7-17(8-10-18)24-20-13-19(14-23-26-20)27-11-1-2-12-27/h3-10,13-14H,1-2,11-12H2,(H,24,26)(H,25,28). The van der Waals surface area contributed by atoms with Crippen LogP contribution in [0.3, 0.4) is 0 Å². The summed E-state index contributed by atoms with van der Waals surface area (Å²) in [6.07, 6.45) is 4.19. The van der Waals surface area contributed by atoms with Crippen molar-refractivity contribution in [2.24, 2.45) is 0 Å². The van der Waals surface area contributed by atoms with Gasteiger partial charge in [-0.15, -0.1) is 5.10 Å². The van der Waals surface area contributed by atoms with Crippen molar-refractivity contribution in [2.45, 2.75) is 12.8 Å². The molecule has 1 amide bonds. The van der Waals surface area contributed by atoms with Gasteiger partial charge in [-0.1, -0.05) is 0 Å². The van der Waals surface area contributed by atoms with Gasteiger partial charge >= 0.3 is 0 Å². The van der Waals surface area contributed by atoms with E-state index in [-0.39, 0.29) is 11.7 Å². The van der Waals surface area contributed by atoms with Crippen LogP contribution in [0.1, 0.15) is 23.2 Å². The third kappa shape index (κ3) is 4.25. The predicted molar refractivity (Wildman–Crippen MR) is 108 cm³/mol. The van der Waals surface area contributed by atoms with Crippen molar-refractivity contribution in [3.05, 3.63) is 72.2 Å². The van der Waals surface area contributed by atoms with Gasteiger partial charge in [0, 0.05) is 36.1 Å². The van der Waals surface area contributed by atoms with E-state index in [0.717, 1.165) is 24.5 Å². The lowest BCUT2D eigenvalue weighted by molar-refractivity contribution is 0.102. The van der Waals surface area contributed by atoms with Crippen LogP contribution in [0, 0.1) is 5.82 Å². The van der Waals surface area contributed by atoms with Gasteiger partial charge in [0.25, 0.3) is 5.91 Å². The quantitative estimate of drug-likeness (QED) is 0.697. The van der Waals surface area contributed by atoms with Crippen molar-refractivity contribution in [2.75, 3.05) is 28.6 Å². The number of carbonyl (C=O) groups is 1. The van der Waals surface area contributed by atoms with Crippen LogP contribution in [0.15, 0.2) is 60.8 Å². The zero-order chi connectivity index (χ0) is 19.3. The number of hydrogen-bond acceptors (Lipinski definition) is 5. The predicted octanol–water partition coefficient (Wildman–Crippen LogP) is 4.21. The number of hydrogen-bond donors (Lipinski definition) is 2. The van der Waals surface area contributed by atoms with Gasteiger partial charge in [0.1, 0.15) is 5.82 Å². The summed E-state index contributed by atoms with van der Waals surface area (Å²) in [5.74, 6) is 0.0151. The molecule has 1 saturated heterocycles.